The Balaban J connectivity index is 2.23. The maximum absolute atomic E-state index is 12.7. The summed E-state index contributed by atoms with van der Waals surface area (Å²) in [5.41, 5.74) is 0.558. The fourth-order valence-electron chi connectivity index (χ4n) is 2.81. The molecule has 1 aliphatic heterocycles. The van der Waals surface area contributed by atoms with E-state index in [9.17, 15) is 14.7 Å². The lowest BCUT2D eigenvalue weighted by atomic mass is 9.88. The number of ether oxygens (including phenoxy) is 1. The zero-order chi connectivity index (χ0) is 16.3. The third-order valence-corrected chi connectivity index (χ3v) is 4.92. The molecule has 1 unspecified atom stereocenters. The summed E-state index contributed by atoms with van der Waals surface area (Å²) in [4.78, 5) is 26.9. The van der Waals surface area contributed by atoms with Crippen LogP contribution >= 0.6 is 11.8 Å². The van der Waals surface area contributed by atoms with Crippen molar-refractivity contribution in [3.05, 3.63) is 29.3 Å². The Morgan fingerprint density at radius 2 is 2.18 bits per heavy atom. The zero-order valence-electron chi connectivity index (χ0n) is 13.1. The summed E-state index contributed by atoms with van der Waals surface area (Å²) in [5, 5.41) is 9.48. The van der Waals surface area contributed by atoms with Crippen LogP contribution in [-0.4, -0.2) is 54.9 Å². The minimum absolute atomic E-state index is 0.104. The van der Waals surface area contributed by atoms with E-state index in [1.807, 2.05) is 31.4 Å². The highest BCUT2D eigenvalue weighted by atomic mass is 32.2. The summed E-state index contributed by atoms with van der Waals surface area (Å²) in [6.07, 6.45) is 2.38. The smallest absolute Gasteiger partial charge is 0.313 e. The number of hydrogen-bond acceptors (Lipinski definition) is 4. The maximum Gasteiger partial charge on any atom is 0.313 e. The van der Waals surface area contributed by atoms with E-state index in [1.165, 1.54) is 7.11 Å². The predicted molar refractivity (Wildman–Crippen MR) is 85.4 cm³/mol. The Kier molecular flexibility index (Phi) is 5.13. The van der Waals surface area contributed by atoms with Crippen molar-refractivity contribution in [3.63, 3.8) is 0 Å². The van der Waals surface area contributed by atoms with E-state index in [2.05, 4.69) is 0 Å². The number of amides is 1. The highest BCUT2D eigenvalue weighted by Crippen LogP contribution is 2.33. The third kappa shape index (κ3) is 3.13. The van der Waals surface area contributed by atoms with Crippen molar-refractivity contribution >= 4 is 23.6 Å². The zero-order valence-corrected chi connectivity index (χ0v) is 13.9. The molecular formula is C16H21NO4S. The van der Waals surface area contributed by atoms with E-state index >= 15 is 0 Å². The second-order valence-electron chi connectivity index (χ2n) is 5.68. The van der Waals surface area contributed by atoms with Crippen LogP contribution in [-0.2, 0) is 9.53 Å². The molecule has 0 radical (unpaired) electrons. The van der Waals surface area contributed by atoms with Crippen LogP contribution in [0, 0.1) is 12.3 Å². The van der Waals surface area contributed by atoms with Crippen LogP contribution in [0.3, 0.4) is 0 Å². The number of aryl methyl sites for hydroxylation is 1. The Labute approximate surface area is 134 Å². The SMILES string of the molecule is COCC1(C(=O)O)CCN(C(=O)c2cc(SC)ccc2C)C1. The van der Waals surface area contributed by atoms with Gasteiger partial charge in [-0.1, -0.05) is 6.07 Å². The normalized spacial score (nSPS) is 21.1. The van der Waals surface area contributed by atoms with E-state index in [-0.39, 0.29) is 19.1 Å². The monoisotopic (exact) mass is 323 g/mol. The van der Waals surface area contributed by atoms with E-state index < -0.39 is 11.4 Å². The minimum atomic E-state index is -0.991. The number of carboxylic acids is 1. The largest absolute Gasteiger partial charge is 0.481 e. The summed E-state index contributed by atoms with van der Waals surface area (Å²) in [7, 11) is 1.49. The number of methoxy groups -OCH3 is 1. The van der Waals surface area contributed by atoms with Gasteiger partial charge in [0.2, 0.25) is 0 Å². The lowest BCUT2D eigenvalue weighted by molar-refractivity contribution is -0.151. The Morgan fingerprint density at radius 1 is 1.45 bits per heavy atom. The molecule has 22 heavy (non-hydrogen) atoms. The van der Waals surface area contributed by atoms with Crippen LogP contribution in [0.15, 0.2) is 23.1 Å². The summed E-state index contributed by atoms with van der Waals surface area (Å²) in [6, 6.07) is 5.78. The lowest BCUT2D eigenvalue weighted by Gasteiger charge is -2.24. The van der Waals surface area contributed by atoms with Gasteiger partial charge in [-0.2, -0.15) is 0 Å². The van der Waals surface area contributed by atoms with Gasteiger partial charge >= 0.3 is 5.97 Å². The number of carbonyl (C=O) groups excluding carboxylic acids is 1. The summed E-state index contributed by atoms with van der Waals surface area (Å²) >= 11 is 1.58. The molecule has 5 nitrogen and oxygen atoms in total. The van der Waals surface area contributed by atoms with Gasteiger partial charge in [-0.15, -0.1) is 11.8 Å². The van der Waals surface area contributed by atoms with Gasteiger partial charge < -0.3 is 14.7 Å². The molecule has 0 spiro atoms. The molecule has 1 heterocycles. The first-order chi connectivity index (χ1) is 10.4. The summed E-state index contributed by atoms with van der Waals surface area (Å²) in [6.45, 7) is 2.65. The molecule has 1 aliphatic rings. The highest BCUT2D eigenvalue weighted by Gasteiger charge is 2.46. The van der Waals surface area contributed by atoms with Crippen LogP contribution in [0.5, 0.6) is 0 Å². The number of carbonyl (C=O) groups is 2. The van der Waals surface area contributed by atoms with E-state index in [1.54, 1.807) is 16.7 Å². The third-order valence-electron chi connectivity index (χ3n) is 4.19. The number of nitrogens with zero attached hydrogens (tertiary/aromatic N) is 1. The van der Waals surface area contributed by atoms with Crippen molar-refractivity contribution in [2.75, 3.05) is 33.1 Å². The lowest BCUT2D eigenvalue weighted by Crippen LogP contribution is -2.40. The van der Waals surface area contributed by atoms with Gasteiger partial charge in [0, 0.05) is 30.7 Å². The van der Waals surface area contributed by atoms with Crippen molar-refractivity contribution in [3.8, 4) is 0 Å². The van der Waals surface area contributed by atoms with Gasteiger partial charge in [0.15, 0.2) is 0 Å². The molecule has 0 bridgehead atoms. The van der Waals surface area contributed by atoms with Gasteiger partial charge in [0.05, 0.1) is 6.61 Å². The fourth-order valence-corrected chi connectivity index (χ4v) is 3.24. The van der Waals surface area contributed by atoms with Gasteiger partial charge in [-0.3, -0.25) is 9.59 Å². The second kappa shape index (κ2) is 6.71. The average Bonchev–Trinajstić information content (AvgIpc) is 2.93. The number of hydrogen-bond donors (Lipinski definition) is 1. The highest BCUT2D eigenvalue weighted by molar-refractivity contribution is 7.98. The van der Waals surface area contributed by atoms with Crippen molar-refractivity contribution < 1.29 is 19.4 Å². The number of aliphatic carboxylic acids is 1. The van der Waals surface area contributed by atoms with Gasteiger partial charge in [-0.25, -0.2) is 0 Å². The first-order valence-electron chi connectivity index (χ1n) is 7.10. The van der Waals surface area contributed by atoms with E-state index in [0.29, 0.717) is 18.5 Å². The molecular weight excluding hydrogens is 302 g/mol. The molecule has 0 saturated carbocycles. The molecule has 0 aromatic heterocycles. The number of likely N-dealkylation sites (tertiary alicyclic amines) is 1. The minimum Gasteiger partial charge on any atom is -0.481 e. The van der Waals surface area contributed by atoms with Crippen LogP contribution in [0.25, 0.3) is 0 Å². The molecule has 1 atom stereocenters. The number of carboxylic acid groups (broad SMARTS) is 1. The summed E-state index contributed by atoms with van der Waals surface area (Å²) < 4.78 is 5.06. The topological polar surface area (TPSA) is 66.8 Å². The van der Waals surface area contributed by atoms with Crippen molar-refractivity contribution in [1.82, 2.24) is 4.90 Å². The molecule has 1 aromatic carbocycles. The predicted octanol–water partition coefficient (Wildman–Crippen LogP) is 2.28. The molecule has 1 fully saturated rings. The van der Waals surface area contributed by atoms with Crippen LogP contribution in [0.2, 0.25) is 0 Å². The summed E-state index contributed by atoms with van der Waals surface area (Å²) in [5.74, 6) is -1.01. The second-order valence-corrected chi connectivity index (χ2v) is 6.56. The molecule has 6 heteroatoms. The number of rotatable bonds is 5. The van der Waals surface area contributed by atoms with E-state index in [4.69, 9.17) is 4.74 Å². The number of thioether (sulfide) groups is 1. The molecule has 2 rings (SSSR count). The van der Waals surface area contributed by atoms with Gasteiger partial charge in [0.25, 0.3) is 5.91 Å². The maximum atomic E-state index is 12.7. The van der Waals surface area contributed by atoms with Crippen molar-refractivity contribution in [1.29, 1.82) is 0 Å². The standard InChI is InChI=1S/C16H21NO4S/c1-11-4-5-12(22-3)8-13(11)14(18)17-7-6-16(9-17,10-21-2)15(19)20/h4-5,8H,6-7,9-10H2,1-3H3,(H,19,20). The molecule has 120 valence electrons. The first-order valence-corrected chi connectivity index (χ1v) is 8.32. The van der Waals surface area contributed by atoms with Crippen molar-refractivity contribution in [2.45, 2.75) is 18.2 Å². The Hall–Kier alpha value is -1.53. The van der Waals surface area contributed by atoms with Gasteiger partial charge in [0.1, 0.15) is 5.41 Å². The van der Waals surface area contributed by atoms with Crippen LogP contribution in [0.4, 0.5) is 0 Å². The molecule has 0 aliphatic carbocycles. The first kappa shape index (κ1) is 16.8. The molecule has 1 N–H and O–H groups in total. The van der Waals surface area contributed by atoms with Crippen LogP contribution in [0.1, 0.15) is 22.3 Å². The average molecular weight is 323 g/mol. The van der Waals surface area contributed by atoms with Crippen LogP contribution < -0.4 is 0 Å². The molecule has 1 saturated heterocycles. The Morgan fingerprint density at radius 3 is 2.77 bits per heavy atom. The quantitative estimate of drug-likeness (QED) is 0.842. The van der Waals surface area contributed by atoms with E-state index in [0.717, 1.165) is 10.5 Å². The number of benzene rings is 1. The molecule has 1 aromatic rings. The van der Waals surface area contributed by atoms with Crippen molar-refractivity contribution in [2.24, 2.45) is 5.41 Å². The van der Waals surface area contributed by atoms with Gasteiger partial charge in [-0.05, 0) is 37.3 Å². The Bertz CT molecular complexity index is 590. The molecule has 1 amide bonds. The fraction of sp³-hybridized carbons (Fsp3) is 0.500.